The Labute approximate surface area is 69.6 Å². The van der Waals surface area contributed by atoms with Crippen LogP contribution in [0.5, 0.6) is 0 Å². The van der Waals surface area contributed by atoms with Gasteiger partial charge in [-0.2, -0.15) is 0 Å². The van der Waals surface area contributed by atoms with Crippen LogP contribution < -0.4 is 5.32 Å². The maximum atomic E-state index is 3.65. The van der Waals surface area contributed by atoms with Crippen molar-refractivity contribution in [2.75, 3.05) is 6.54 Å². The molecule has 0 aromatic heterocycles. The van der Waals surface area contributed by atoms with E-state index in [1.54, 1.807) is 0 Å². The van der Waals surface area contributed by atoms with Crippen LogP contribution in [0.25, 0.3) is 0 Å². The van der Waals surface area contributed by atoms with E-state index < -0.39 is 0 Å². The summed E-state index contributed by atoms with van der Waals surface area (Å²) in [5.74, 6) is 0.896. The maximum absolute atomic E-state index is 3.65. The molecule has 1 saturated carbocycles. The van der Waals surface area contributed by atoms with Crippen LogP contribution in [0, 0.1) is 11.3 Å². The summed E-state index contributed by atoms with van der Waals surface area (Å²) in [6.45, 7) is 6.13. The highest BCUT2D eigenvalue weighted by Gasteiger charge is 2.44. The predicted octanol–water partition coefficient (Wildman–Crippen LogP) is 2.17. The van der Waals surface area contributed by atoms with E-state index in [2.05, 4.69) is 19.2 Å². The Kier molecular flexibility index (Phi) is 1.71. The lowest BCUT2D eigenvalue weighted by atomic mass is 9.68. The van der Waals surface area contributed by atoms with Crippen molar-refractivity contribution in [1.29, 1.82) is 0 Å². The molecule has 2 rings (SSSR count). The average Bonchev–Trinajstić information content (AvgIpc) is 2.29. The zero-order valence-electron chi connectivity index (χ0n) is 7.69. The quantitative estimate of drug-likeness (QED) is 0.562. The largest absolute Gasteiger partial charge is 0.313 e. The van der Waals surface area contributed by atoms with Crippen LogP contribution in [0.1, 0.15) is 39.5 Å². The van der Waals surface area contributed by atoms with Crippen molar-refractivity contribution in [3.8, 4) is 0 Å². The highest BCUT2D eigenvalue weighted by atomic mass is 15.0. The zero-order chi connectivity index (χ0) is 7.90. The lowest BCUT2D eigenvalue weighted by Crippen LogP contribution is -2.39. The van der Waals surface area contributed by atoms with Gasteiger partial charge in [0.25, 0.3) is 0 Å². The summed E-state index contributed by atoms with van der Waals surface area (Å²) in [5.41, 5.74) is 0.637. The Morgan fingerprint density at radius 1 is 1.36 bits per heavy atom. The molecule has 0 radical (unpaired) electrons. The summed E-state index contributed by atoms with van der Waals surface area (Å²) in [5, 5.41) is 3.65. The van der Waals surface area contributed by atoms with Crippen LogP contribution in [0.2, 0.25) is 0 Å². The molecule has 0 aromatic carbocycles. The van der Waals surface area contributed by atoms with Crippen molar-refractivity contribution in [3.05, 3.63) is 0 Å². The third-order valence-electron chi connectivity index (χ3n) is 4.05. The number of rotatable bonds is 0. The van der Waals surface area contributed by atoms with Gasteiger partial charge in [-0.15, -0.1) is 0 Å². The fourth-order valence-corrected chi connectivity index (χ4v) is 2.84. The van der Waals surface area contributed by atoms with Gasteiger partial charge in [-0.25, -0.2) is 0 Å². The van der Waals surface area contributed by atoms with Gasteiger partial charge in [0, 0.05) is 6.04 Å². The normalized spacial score (nSPS) is 50.7. The fourth-order valence-electron chi connectivity index (χ4n) is 2.84. The molecule has 0 bridgehead atoms. The minimum atomic E-state index is 0.637. The van der Waals surface area contributed by atoms with E-state index in [1.165, 1.54) is 32.2 Å². The van der Waals surface area contributed by atoms with Crippen LogP contribution in [0.15, 0.2) is 0 Å². The average molecular weight is 153 g/mol. The van der Waals surface area contributed by atoms with Crippen molar-refractivity contribution in [2.24, 2.45) is 11.3 Å². The third kappa shape index (κ3) is 1.01. The van der Waals surface area contributed by atoms with Crippen molar-refractivity contribution in [1.82, 2.24) is 5.32 Å². The number of hydrogen-bond acceptors (Lipinski definition) is 1. The smallest absolute Gasteiger partial charge is 0.0124 e. The summed E-state index contributed by atoms with van der Waals surface area (Å²) >= 11 is 0. The first-order chi connectivity index (χ1) is 5.23. The summed E-state index contributed by atoms with van der Waals surface area (Å²) in [4.78, 5) is 0. The monoisotopic (exact) mass is 153 g/mol. The van der Waals surface area contributed by atoms with Crippen LogP contribution in [0.4, 0.5) is 0 Å². The van der Waals surface area contributed by atoms with Gasteiger partial charge in [0.2, 0.25) is 0 Å². The van der Waals surface area contributed by atoms with E-state index in [0.29, 0.717) is 5.41 Å². The van der Waals surface area contributed by atoms with Crippen molar-refractivity contribution in [2.45, 2.75) is 45.6 Å². The lowest BCUT2D eigenvalue weighted by Gasteiger charge is -2.38. The molecule has 0 amide bonds. The zero-order valence-corrected chi connectivity index (χ0v) is 7.69. The first-order valence-electron chi connectivity index (χ1n) is 4.97. The second-order valence-electron chi connectivity index (χ2n) is 4.61. The molecule has 64 valence electrons. The fraction of sp³-hybridized carbons (Fsp3) is 1.00. The van der Waals surface area contributed by atoms with E-state index in [0.717, 1.165) is 12.0 Å². The predicted molar refractivity (Wildman–Crippen MR) is 47.5 cm³/mol. The molecule has 1 N–H and O–H groups in total. The molecule has 2 fully saturated rings. The molecule has 1 heterocycles. The van der Waals surface area contributed by atoms with Gasteiger partial charge in [-0.3, -0.25) is 0 Å². The van der Waals surface area contributed by atoms with Gasteiger partial charge >= 0.3 is 0 Å². The van der Waals surface area contributed by atoms with Crippen LogP contribution >= 0.6 is 0 Å². The second-order valence-corrected chi connectivity index (χ2v) is 4.61. The summed E-state index contributed by atoms with van der Waals surface area (Å²) in [6, 6.07) is 0.839. The van der Waals surface area contributed by atoms with Gasteiger partial charge in [-0.1, -0.05) is 26.7 Å². The van der Waals surface area contributed by atoms with Crippen LogP contribution in [0.3, 0.4) is 0 Å². The van der Waals surface area contributed by atoms with Crippen LogP contribution in [-0.2, 0) is 0 Å². The molecule has 11 heavy (non-hydrogen) atoms. The Hall–Kier alpha value is -0.0400. The number of nitrogens with one attached hydrogen (secondary N) is 1. The Bertz CT molecular complexity index is 153. The second kappa shape index (κ2) is 2.48. The molecule has 3 unspecified atom stereocenters. The molecule has 1 heteroatoms. The molecule has 2 aliphatic rings. The third-order valence-corrected chi connectivity index (χ3v) is 4.05. The van der Waals surface area contributed by atoms with Gasteiger partial charge < -0.3 is 5.32 Å². The number of fused-ring (bicyclic) bond motifs is 1. The molecule has 1 nitrogen and oxygen atoms in total. The molecule has 1 aliphatic carbocycles. The first kappa shape index (κ1) is 7.60. The van der Waals surface area contributed by atoms with Crippen LogP contribution in [-0.4, -0.2) is 12.6 Å². The molecule has 0 spiro atoms. The van der Waals surface area contributed by atoms with E-state index in [9.17, 15) is 0 Å². The van der Waals surface area contributed by atoms with Crippen molar-refractivity contribution >= 4 is 0 Å². The topological polar surface area (TPSA) is 12.0 Å². The summed E-state index contributed by atoms with van der Waals surface area (Å²) < 4.78 is 0. The summed E-state index contributed by atoms with van der Waals surface area (Å²) in [6.07, 6.45) is 5.77. The van der Waals surface area contributed by atoms with Gasteiger partial charge in [0.15, 0.2) is 0 Å². The molecule has 1 aliphatic heterocycles. The van der Waals surface area contributed by atoms with E-state index in [-0.39, 0.29) is 0 Å². The standard InChI is InChI=1S/C10H19N/c1-8-7-11-9-5-3-4-6-10(8,9)2/h8-9,11H,3-7H2,1-2H3. The number of hydrogen-bond donors (Lipinski definition) is 1. The highest BCUT2D eigenvalue weighted by Crippen LogP contribution is 2.45. The van der Waals surface area contributed by atoms with Crippen molar-refractivity contribution in [3.63, 3.8) is 0 Å². The lowest BCUT2D eigenvalue weighted by molar-refractivity contribution is 0.151. The SMILES string of the molecule is CC1CNC2CCCCC12C. The highest BCUT2D eigenvalue weighted by molar-refractivity contribution is 5.00. The van der Waals surface area contributed by atoms with Gasteiger partial charge in [-0.05, 0) is 30.7 Å². The molecule has 0 aromatic rings. The van der Waals surface area contributed by atoms with E-state index in [1.807, 2.05) is 0 Å². The maximum Gasteiger partial charge on any atom is 0.0124 e. The van der Waals surface area contributed by atoms with E-state index in [4.69, 9.17) is 0 Å². The van der Waals surface area contributed by atoms with E-state index >= 15 is 0 Å². The minimum Gasteiger partial charge on any atom is -0.313 e. The molecule has 3 atom stereocenters. The first-order valence-corrected chi connectivity index (χ1v) is 4.97. The minimum absolute atomic E-state index is 0.637. The van der Waals surface area contributed by atoms with Gasteiger partial charge in [0.1, 0.15) is 0 Å². The molecular weight excluding hydrogens is 134 g/mol. The van der Waals surface area contributed by atoms with Gasteiger partial charge in [0.05, 0.1) is 0 Å². The summed E-state index contributed by atoms with van der Waals surface area (Å²) in [7, 11) is 0. The Morgan fingerprint density at radius 2 is 2.18 bits per heavy atom. The molecule has 1 saturated heterocycles. The Balaban J connectivity index is 2.16. The van der Waals surface area contributed by atoms with Crippen molar-refractivity contribution < 1.29 is 0 Å². The Morgan fingerprint density at radius 3 is 2.91 bits per heavy atom. The molecular formula is C10H19N.